The second-order valence-corrected chi connectivity index (χ2v) is 11.6. The second kappa shape index (κ2) is 10.5. The van der Waals surface area contributed by atoms with E-state index in [1.165, 1.54) is 28.3 Å². The molecule has 0 bridgehead atoms. The standard InChI is InChI=1S/C42H28FN3/c43-29-22-24-32(25-23-29)44(33-26-27-36-34-16-7-9-19-38(34)45(41(36)28-33)30-12-3-1-4-13-30)40-21-11-18-37-35-17-8-10-20-39(35)46(42(37)40)31-14-5-2-6-15-31/h1-28H. The molecule has 2 heterocycles. The van der Waals surface area contributed by atoms with Crippen LogP contribution in [0.3, 0.4) is 0 Å². The monoisotopic (exact) mass is 593 g/mol. The Labute approximate surface area is 265 Å². The van der Waals surface area contributed by atoms with Gasteiger partial charge in [-0.25, -0.2) is 4.39 Å². The Balaban J connectivity index is 1.38. The number of hydrogen-bond acceptors (Lipinski definition) is 1. The third kappa shape index (κ3) is 4.04. The summed E-state index contributed by atoms with van der Waals surface area (Å²) in [5, 5.41) is 4.72. The number of nitrogens with zero attached hydrogens (tertiary/aromatic N) is 3. The minimum Gasteiger partial charge on any atom is -0.309 e. The van der Waals surface area contributed by atoms with Crippen LogP contribution in [0.5, 0.6) is 0 Å². The van der Waals surface area contributed by atoms with Crippen molar-refractivity contribution in [2.45, 2.75) is 0 Å². The Bertz CT molecular complexity index is 2530. The van der Waals surface area contributed by atoms with Crippen molar-refractivity contribution in [2.24, 2.45) is 0 Å². The molecule has 0 aliphatic rings. The van der Waals surface area contributed by atoms with E-state index in [9.17, 15) is 4.39 Å². The summed E-state index contributed by atoms with van der Waals surface area (Å²) in [7, 11) is 0. The minimum atomic E-state index is -0.264. The van der Waals surface area contributed by atoms with Crippen molar-refractivity contribution in [1.29, 1.82) is 0 Å². The van der Waals surface area contributed by atoms with Crippen LogP contribution >= 0.6 is 0 Å². The maximum Gasteiger partial charge on any atom is 0.123 e. The number of anilines is 3. The summed E-state index contributed by atoms with van der Waals surface area (Å²) >= 11 is 0. The van der Waals surface area contributed by atoms with Gasteiger partial charge in [0.25, 0.3) is 0 Å². The van der Waals surface area contributed by atoms with Crippen molar-refractivity contribution in [1.82, 2.24) is 9.13 Å². The van der Waals surface area contributed by atoms with Crippen LogP contribution in [-0.4, -0.2) is 9.13 Å². The van der Waals surface area contributed by atoms with Crippen molar-refractivity contribution in [2.75, 3.05) is 4.90 Å². The van der Waals surface area contributed by atoms with Crippen LogP contribution in [0.2, 0.25) is 0 Å². The van der Waals surface area contributed by atoms with Gasteiger partial charge in [0.1, 0.15) is 5.82 Å². The van der Waals surface area contributed by atoms with E-state index >= 15 is 0 Å². The van der Waals surface area contributed by atoms with Crippen molar-refractivity contribution >= 4 is 60.7 Å². The van der Waals surface area contributed by atoms with Gasteiger partial charge >= 0.3 is 0 Å². The first-order chi connectivity index (χ1) is 22.8. The zero-order valence-electron chi connectivity index (χ0n) is 24.9. The van der Waals surface area contributed by atoms with Gasteiger partial charge in [-0.05, 0) is 78.9 Å². The molecule has 3 nitrogen and oxygen atoms in total. The maximum atomic E-state index is 14.4. The molecule has 0 amide bonds. The van der Waals surface area contributed by atoms with Crippen molar-refractivity contribution in [3.05, 3.63) is 176 Å². The highest BCUT2D eigenvalue weighted by Gasteiger charge is 2.22. The second-order valence-electron chi connectivity index (χ2n) is 11.6. The fourth-order valence-electron chi connectivity index (χ4n) is 7.00. The molecular weight excluding hydrogens is 565 g/mol. The Hall–Kier alpha value is -6.13. The average Bonchev–Trinajstić information content (AvgIpc) is 3.63. The van der Waals surface area contributed by atoms with E-state index in [1.807, 2.05) is 24.3 Å². The molecule has 0 saturated heterocycles. The van der Waals surface area contributed by atoms with Crippen molar-refractivity contribution < 1.29 is 4.39 Å². The molecule has 0 aliphatic heterocycles. The Morgan fingerprint density at radius 2 is 0.913 bits per heavy atom. The number of aromatic nitrogens is 2. The molecule has 2 aromatic heterocycles. The van der Waals surface area contributed by atoms with Gasteiger partial charge in [-0.2, -0.15) is 0 Å². The fraction of sp³-hybridized carbons (Fsp3) is 0. The Morgan fingerprint density at radius 3 is 1.61 bits per heavy atom. The maximum absolute atomic E-state index is 14.4. The summed E-state index contributed by atoms with van der Waals surface area (Å²) in [6.07, 6.45) is 0. The fourth-order valence-corrected chi connectivity index (χ4v) is 7.00. The first-order valence-corrected chi connectivity index (χ1v) is 15.5. The molecule has 0 N–H and O–H groups in total. The third-order valence-electron chi connectivity index (χ3n) is 8.94. The van der Waals surface area contributed by atoms with Crippen molar-refractivity contribution in [3.63, 3.8) is 0 Å². The average molecular weight is 594 g/mol. The SMILES string of the molecule is Fc1ccc(N(c2ccc3c4ccccc4n(-c4ccccc4)c3c2)c2cccc3c4ccccc4n(-c4ccccc4)c23)cc1. The quantitative estimate of drug-likeness (QED) is 0.193. The molecule has 4 heteroatoms. The lowest BCUT2D eigenvalue weighted by Crippen LogP contribution is -2.12. The highest BCUT2D eigenvalue weighted by Crippen LogP contribution is 2.44. The normalized spacial score (nSPS) is 11.6. The predicted octanol–water partition coefficient (Wildman–Crippen LogP) is 11.5. The lowest BCUT2D eigenvalue weighted by atomic mass is 10.1. The molecule has 9 aromatic rings. The lowest BCUT2D eigenvalue weighted by Gasteiger charge is -2.27. The van der Waals surface area contributed by atoms with Gasteiger partial charge in [-0.3, -0.25) is 0 Å². The molecule has 0 aliphatic carbocycles. The van der Waals surface area contributed by atoms with E-state index in [-0.39, 0.29) is 5.82 Å². The summed E-state index contributed by atoms with van der Waals surface area (Å²) in [6.45, 7) is 0. The highest BCUT2D eigenvalue weighted by molar-refractivity contribution is 6.15. The molecule has 7 aromatic carbocycles. The van der Waals surface area contributed by atoms with Gasteiger partial charge in [0.05, 0.1) is 27.8 Å². The number of hydrogen-bond donors (Lipinski definition) is 0. The summed E-state index contributed by atoms with van der Waals surface area (Å²) in [4.78, 5) is 2.26. The smallest absolute Gasteiger partial charge is 0.123 e. The topological polar surface area (TPSA) is 13.1 Å². The van der Waals surface area contributed by atoms with Gasteiger partial charge < -0.3 is 14.0 Å². The molecule has 218 valence electrons. The van der Waals surface area contributed by atoms with Crippen molar-refractivity contribution in [3.8, 4) is 11.4 Å². The molecule has 46 heavy (non-hydrogen) atoms. The first kappa shape index (κ1) is 26.3. The molecule has 0 fully saturated rings. The van der Waals surface area contributed by atoms with Gasteiger partial charge in [0.2, 0.25) is 0 Å². The summed E-state index contributed by atoms with van der Waals surface area (Å²) < 4.78 is 19.0. The molecule has 0 atom stereocenters. The lowest BCUT2D eigenvalue weighted by molar-refractivity contribution is 0.628. The summed E-state index contributed by atoms with van der Waals surface area (Å²) in [6, 6.07) is 58.0. The van der Waals surface area contributed by atoms with E-state index in [2.05, 4.69) is 147 Å². The Morgan fingerprint density at radius 1 is 0.391 bits per heavy atom. The van der Waals surface area contributed by atoms with E-state index in [0.717, 1.165) is 55.9 Å². The number of benzene rings is 7. The van der Waals surface area contributed by atoms with Crippen LogP contribution in [0.15, 0.2) is 170 Å². The van der Waals surface area contributed by atoms with Gasteiger partial charge in [-0.15, -0.1) is 0 Å². The van der Waals surface area contributed by atoms with Crippen LogP contribution < -0.4 is 4.90 Å². The predicted molar refractivity (Wildman–Crippen MR) is 190 cm³/mol. The van der Waals surface area contributed by atoms with Crippen LogP contribution in [0.4, 0.5) is 21.5 Å². The molecule has 0 spiro atoms. The van der Waals surface area contributed by atoms with Gasteiger partial charge in [0, 0.05) is 44.3 Å². The number of halogens is 1. The van der Waals surface area contributed by atoms with E-state index < -0.39 is 0 Å². The van der Waals surface area contributed by atoms with Gasteiger partial charge in [0.15, 0.2) is 0 Å². The van der Waals surface area contributed by atoms with Crippen LogP contribution in [-0.2, 0) is 0 Å². The van der Waals surface area contributed by atoms with Crippen LogP contribution in [0, 0.1) is 5.82 Å². The Kier molecular flexibility index (Phi) is 6.00. The summed E-state index contributed by atoms with van der Waals surface area (Å²) in [5.74, 6) is -0.264. The zero-order chi connectivity index (χ0) is 30.6. The van der Waals surface area contributed by atoms with E-state index in [0.29, 0.717) is 0 Å². The number of fused-ring (bicyclic) bond motifs is 6. The third-order valence-corrected chi connectivity index (χ3v) is 8.94. The zero-order valence-corrected chi connectivity index (χ0v) is 24.9. The van der Waals surface area contributed by atoms with E-state index in [4.69, 9.17) is 0 Å². The van der Waals surface area contributed by atoms with Gasteiger partial charge in [-0.1, -0.05) is 91.0 Å². The van der Waals surface area contributed by atoms with E-state index in [1.54, 1.807) is 0 Å². The molecular formula is C42H28FN3. The molecule has 0 radical (unpaired) electrons. The number of para-hydroxylation sites is 5. The highest BCUT2D eigenvalue weighted by atomic mass is 19.1. The molecule has 0 saturated carbocycles. The molecule has 0 unspecified atom stereocenters. The summed E-state index contributed by atoms with van der Waals surface area (Å²) in [5.41, 5.74) is 9.53. The van der Waals surface area contributed by atoms with Crippen LogP contribution in [0.25, 0.3) is 55.0 Å². The first-order valence-electron chi connectivity index (χ1n) is 15.5. The largest absolute Gasteiger partial charge is 0.309 e. The van der Waals surface area contributed by atoms with Crippen LogP contribution in [0.1, 0.15) is 0 Å². The molecule has 9 rings (SSSR count). The minimum absolute atomic E-state index is 0.264. The number of rotatable bonds is 5.